The molecule has 1 aromatic heterocycles. The number of H-pyrrole nitrogens is 1. The minimum absolute atomic E-state index is 0.0954. The Balaban J connectivity index is 1.96. The van der Waals surface area contributed by atoms with Gasteiger partial charge in [-0.3, -0.25) is 9.89 Å². The quantitative estimate of drug-likeness (QED) is 0.436. The lowest BCUT2D eigenvalue weighted by Crippen LogP contribution is -2.29. The van der Waals surface area contributed by atoms with Crippen molar-refractivity contribution in [3.63, 3.8) is 0 Å². The lowest BCUT2D eigenvalue weighted by molar-refractivity contribution is 0.225. The first kappa shape index (κ1) is 22.7. The molecule has 0 bridgehead atoms. The Morgan fingerprint density at radius 1 is 1.06 bits per heavy atom. The normalized spacial score (nSPS) is 12.2. The van der Waals surface area contributed by atoms with Gasteiger partial charge >= 0.3 is 0 Å². The molecule has 0 radical (unpaired) electrons. The molecule has 0 unspecified atom stereocenters. The molecule has 31 heavy (non-hydrogen) atoms. The van der Waals surface area contributed by atoms with Gasteiger partial charge in [-0.2, -0.15) is 0 Å². The van der Waals surface area contributed by atoms with E-state index in [0.29, 0.717) is 29.5 Å². The zero-order valence-corrected chi connectivity index (χ0v) is 19.3. The minimum atomic E-state index is 0.0954. The molecule has 2 aromatic carbocycles. The van der Waals surface area contributed by atoms with Crippen molar-refractivity contribution in [2.75, 3.05) is 20.8 Å². The molecule has 3 aromatic rings. The maximum atomic E-state index is 10.6. The molecule has 0 saturated heterocycles. The molecule has 0 saturated carbocycles. The van der Waals surface area contributed by atoms with E-state index < -0.39 is 0 Å². The van der Waals surface area contributed by atoms with Crippen molar-refractivity contribution in [3.8, 4) is 17.4 Å². The van der Waals surface area contributed by atoms with E-state index in [-0.39, 0.29) is 5.88 Å². The smallest absolute Gasteiger partial charge is 0.198 e. The monoisotopic (exact) mass is 423 g/mol. The Kier molecular flexibility index (Phi) is 7.23. The van der Waals surface area contributed by atoms with Crippen molar-refractivity contribution >= 4 is 22.3 Å². The van der Waals surface area contributed by atoms with Crippen molar-refractivity contribution in [1.29, 1.82) is 0 Å². The molecule has 0 amide bonds. The topological polar surface area (TPSA) is 70.1 Å². The number of benzene rings is 2. The fourth-order valence-electron chi connectivity index (χ4n) is 3.84. The number of ether oxygens (including phenoxy) is 2. The van der Waals surface area contributed by atoms with Gasteiger partial charge in [-0.15, -0.1) is 0 Å². The summed E-state index contributed by atoms with van der Waals surface area (Å²) in [6, 6.07) is 12.5. The number of nitrogens with zero attached hydrogens (tertiary/aromatic N) is 2. The third-order valence-electron chi connectivity index (χ3n) is 5.63. The minimum Gasteiger partial charge on any atom is -0.494 e. The average Bonchev–Trinajstić information content (AvgIpc) is 3.09. The number of rotatable bonds is 9. The van der Waals surface area contributed by atoms with E-state index in [2.05, 4.69) is 42.8 Å². The lowest BCUT2D eigenvalue weighted by Gasteiger charge is -2.24. The average molecular weight is 424 g/mol. The number of nitrogens with one attached hydrogen (secondary N) is 1. The van der Waals surface area contributed by atoms with Crippen LogP contribution in [0.4, 0.5) is 5.69 Å². The first-order valence-corrected chi connectivity index (χ1v) is 10.8. The van der Waals surface area contributed by atoms with Crippen LogP contribution in [0.5, 0.6) is 17.4 Å². The van der Waals surface area contributed by atoms with Gasteiger partial charge in [-0.1, -0.05) is 26.0 Å². The summed E-state index contributed by atoms with van der Waals surface area (Å²) < 4.78 is 10.8. The summed E-state index contributed by atoms with van der Waals surface area (Å²) in [5, 5.41) is 11.5. The van der Waals surface area contributed by atoms with Gasteiger partial charge in [0.05, 0.1) is 36.7 Å². The second-order valence-electron chi connectivity index (χ2n) is 7.84. The van der Waals surface area contributed by atoms with Gasteiger partial charge in [0.2, 0.25) is 0 Å². The number of aliphatic imine (C=N–C) groups is 1. The molecule has 0 fully saturated rings. The predicted octanol–water partition coefficient (Wildman–Crippen LogP) is 5.65. The fraction of sp³-hybridized carbons (Fsp3) is 0.400. The molecule has 0 aliphatic heterocycles. The van der Waals surface area contributed by atoms with E-state index in [9.17, 15) is 5.11 Å². The molecule has 0 atom stereocenters. The molecule has 2 N–H and O–H groups in total. The molecule has 6 heteroatoms. The summed E-state index contributed by atoms with van der Waals surface area (Å²) in [4.78, 5) is 10.3. The van der Waals surface area contributed by atoms with E-state index in [4.69, 9.17) is 14.5 Å². The number of hydrogen-bond acceptors (Lipinski definition) is 5. The number of hydrogen-bond donors (Lipinski definition) is 2. The number of aromatic amines is 1. The summed E-state index contributed by atoms with van der Waals surface area (Å²) in [6.07, 6.45) is 0.674. The van der Waals surface area contributed by atoms with Crippen LogP contribution >= 0.6 is 0 Å². The van der Waals surface area contributed by atoms with Crippen molar-refractivity contribution in [2.24, 2.45) is 4.99 Å². The SMILES string of the molecule is CCC(=Nc1ccc(CN(CC)C(C)C)cc1)c1c(O)[nH]c2cc(OC)c(OC)cc12. The van der Waals surface area contributed by atoms with E-state index in [1.54, 1.807) is 14.2 Å². The Bertz CT molecular complexity index is 1050. The van der Waals surface area contributed by atoms with Gasteiger partial charge in [0.15, 0.2) is 17.4 Å². The van der Waals surface area contributed by atoms with Crippen molar-refractivity contribution in [3.05, 3.63) is 47.5 Å². The molecule has 166 valence electrons. The number of methoxy groups -OCH3 is 2. The van der Waals surface area contributed by atoms with E-state index in [0.717, 1.165) is 35.4 Å². The van der Waals surface area contributed by atoms with Gasteiger partial charge in [-0.05, 0) is 50.6 Å². The Hall–Kier alpha value is -2.99. The van der Waals surface area contributed by atoms with E-state index in [1.165, 1.54) is 5.56 Å². The molecule has 0 aliphatic rings. The van der Waals surface area contributed by atoms with Gasteiger partial charge in [0, 0.05) is 24.0 Å². The highest BCUT2D eigenvalue weighted by atomic mass is 16.5. The molecule has 3 rings (SSSR count). The predicted molar refractivity (Wildman–Crippen MR) is 127 cm³/mol. The maximum Gasteiger partial charge on any atom is 0.198 e. The number of aromatic nitrogens is 1. The summed E-state index contributed by atoms with van der Waals surface area (Å²) in [5.41, 5.74) is 4.40. The van der Waals surface area contributed by atoms with Crippen LogP contribution in [-0.4, -0.2) is 47.5 Å². The molecule has 0 spiro atoms. The summed E-state index contributed by atoms with van der Waals surface area (Å²) >= 11 is 0. The van der Waals surface area contributed by atoms with Gasteiger partial charge < -0.3 is 19.6 Å². The Labute approximate surface area is 184 Å². The van der Waals surface area contributed by atoms with Crippen LogP contribution in [0.25, 0.3) is 10.9 Å². The maximum absolute atomic E-state index is 10.6. The van der Waals surface area contributed by atoms with E-state index in [1.807, 2.05) is 31.2 Å². The molecule has 1 heterocycles. The van der Waals surface area contributed by atoms with Crippen molar-refractivity contribution < 1.29 is 14.6 Å². The Morgan fingerprint density at radius 3 is 2.26 bits per heavy atom. The fourth-order valence-corrected chi connectivity index (χ4v) is 3.84. The second kappa shape index (κ2) is 9.88. The summed E-state index contributed by atoms with van der Waals surface area (Å²) in [7, 11) is 3.20. The molecule has 0 aliphatic carbocycles. The van der Waals surface area contributed by atoms with Gasteiger partial charge in [0.1, 0.15) is 0 Å². The van der Waals surface area contributed by atoms with Crippen molar-refractivity contribution in [1.82, 2.24) is 9.88 Å². The van der Waals surface area contributed by atoms with Crippen LogP contribution in [0.3, 0.4) is 0 Å². The number of aromatic hydroxyl groups is 1. The zero-order chi connectivity index (χ0) is 22.5. The first-order valence-electron chi connectivity index (χ1n) is 10.8. The van der Waals surface area contributed by atoms with Crippen LogP contribution in [-0.2, 0) is 6.54 Å². The van der Waals surface area contributed by atoms with Crippen LogP contribution in [0.15, 0.2) is 41.4 Å². The second-order valence-corrected chi connectivity index (χ2v) is 7.84. The highest BCUT2D eigenvalue weighted by Crippen LogP contribution is 2.37. The van der Waals surface area contributed by atoms with Crippen molar-refractivity contribution in [2.45, 2.75) is 46.7 Å². The van der Waals surface area contributed by atoms with Crippen LogP contribution in [0.2, 0.25) is 0 Å². The highest BCUT2D eigenvalue weighted by Gasteiger charge is 2.18. The third-order valence-corrected chi connectivity index (χ3v) is 5.63. The molecule has 6 nitrogen and oxygen atoms in total. The third kappa shape index (κ3) is 4.85. The Morgan fingerprint density at radius 2 is 1.71 bits per heavy atom. The summed E-state index contributed by atoms with van der Waals surface area (Å²) in [6.45, 7) is 10.6. The first-order chi connectivity index (χ1) is 14.9. The zero-order valence-electron chi connectivity index (χ0n) is 19.3. The van der Waals surface area contributed by atoms with Crippen LogP contribution < -0.4 is 9.47 Å². The largest absolute Gasteiger partial charge is 0.494 e. The number of fused-ring (bicyclic) bond motifs is 1. The summed E-state index contributed by atoms with van der Waals surface area (Å²) in [5.74, 6) is 1.31. The van der Waals surface area contributed by atoms with Gasteiger partial charge in [0.25, 0.3) is 0 Å². The lowest BCUT2D eigenvalue weighted by atomic mass is 10.1. The molecular weight excluding hydrogens is 390 g/mol. The molecular formula is C25H33N3O3. The highest BCUT2D eigenvalue weighted by molar-refractivity contribution is 6.14. The van der Waals surface area contributed by atoms with Crippen LogP contribution in [0, 0.1) is 0 Å². The standard InChI is InChI=1S/C25H33N3O3/c1-7-20(26-18-11-9-17(10-12-18)15-28(8-2)16(3)4)24-19-13-22(30-5)23(31-6)14-21(19)27-25(24)29/h9-14,16,27,29H,7-8,15H2,1-6H3. The van der Waals surface area contributed by atoms with Crippen LogP contribution in [0.1, 0.15) is 45.2 Å². The van der Waals surface area contributed by atoms with Gasteiger partial charge in [-0.25, -0.2) is 0 Å². The van der Waals surface area contributed by atoms with E-state index >= 15 is 0 Å².